The van der Waals surface area contributed by atoms with E-state index in [1.54, 1.807) is 6.92 Å². The maximum atomic E-state index is 10.1. The minimum Gasteiger partial charge on any atom is -0.389 e. The van der Waals surface area contributed by atoms with Crippen LogP contribution < -0.4 is 0 Å². The van der Waals surface area contributed by atoms with Crippen molar-refractivity contribution in [3.05, 3.63) is 59.9 Å². The minimum absolute atomic E-state index is 0.529. The number of nitrogens with zero attached hydrogens (tertiary/aromatic N) is 3. The molecule has 0 aliphatic carbocycles. The predicted molar refractivity (Wildman–Crippen MR) is 88.7 cm³/mol. The Hall–Kier alpha value is -2.17. The zero-order valence-electron chi connectivity index (χ0n) is 13.2. The lowest BCUT2D eigenvalue weighted by Gasteiger charge is -2.11. The highest BCUT2D eigenvalue weighted by molar-refractivity contribution is 5.69. The molecule has 1 N–H and O–H groups in total. The lowest BCUT2D eigenvalue weighted by molar-refractivity contribution is 0.200. The number of hydrogen-bond donors (Lipinski definition) is 1. The Morgan fingerprint density at radius 3 is 2.68 bits per heavy atom. The number of pyridine rings is 2. The van der Waals surface area contributed by atoms with Crippen LogP contribution >= 0.6 is 0 Å². The van der Waals surface area contributed by atoms with Gasteiger partial charge in [-0.3, -0.25) is 4.98 Å². The van der Waals surface area contributed by atoms with E-state index in [0.717, 1.165) is 29.0 Å². The van der Waals surface area contributed by atoms with Gasteiger partial charge in [-0.15, -0.1) is 0 Å². The highest BCUT2D eigenvalue weighted by Gasteiger charge is 2.16. The van der Waals surface area contributed by atoms with Crippen molar-refractivity contribution in [3.63, 3.8) is 0 Å². The lowest BCUT2D eigenvalue weighted by atomic mass is 10.1. The first-order valence-corrected chi connectivity index (χ1v) is 7.44. The van der Waals surface area contributed by atoms with Gasteiger partial charge in [-0.05, 0) is 50.8 Å². The molecule has 1 atom stereocenters. The molecule has 0 aliphatic heterocycles. The summed E-state index contributed by atoms with van der Waals surface area (Å²) in [6, 6.07) is 12.2. The van der Waals surface area contributed by atoms with Crippen LogP contribution in [-0.4, -0.2) is 33.5 Å². The van der Waals surface area contributed by atoms with E-state index in [1.165, 1.54) is 5.56 Å². The molecule has 0 saturated carbocycles. The highest BCUT2D eigenvalue weighted by Crippen LogP contribution is 2.30. The number of fused-ring (bicyclic) bond motifs is 1. The van der Waals surface area contributed by atoms with Gasteiger partial charge in [-0.1, -0.05) is 12.1 Å². The molecule has 22 heavy (non-hydrogen) atoms. The minimum atomic E-state index is -0.529. The van der Waals surface area contributed by atoms with Gasteiger partial charge in [-0.25, -0.2) is 0 Å². The number of rotatable bonds is 4. The Morgan fingerprint density at radius 1 is 1.23 bits per heavy atom. The van der Waals surface area contributed by atoms with Crippen molar-refractivity contribution in [2.75, 3.05) is 14.1 Å². The normalized spacial score (nSPS) is 13.0. The monoisotopic (exact) mass is 295 g/mol. The van der Waals surface area contributed by atoms with Crippen molar-refractivity contribution >= 4 is 5.52 Å². The average Bonchev–Trinajstić information content (AvgIpc) is 2.87. The zero-order chi connectivity index (χ0) is 15.7. The van der Waals surface area contributed by atoms with Crippen LogP contribution in [0.15, 0.2) is 48.8 Å². The topological polar surface area (TPSA) is 40.8 Å². The molecular formula is C18H21N3O. The summed E-state index contributed by atoms with van der Waals surface area (Å²) in [6.07, 6.45) is 3.38. The molecule has 0 spiro atoms. The van der Waals surface area contributed by atoms with E-state index < -0.39 is 6.10 Å². The van der Waals surface area contributed by atoms with Crippen LogP contribution in [0, 0.1) is 0 Å². The van der Waals surface area contributed by atoms with E-state index in [1.807, 2.05) is 56.8 Å². The van der Waals surface area contributed by atoms with E-state index in [-0.39, 0.29) is 0 Å². The zero-order valence-corrected chi connectivity index (χ0v) is 13.2. The molecule has 0 fully saturated rings. The van der Waals surface area contributed by atoms with Gasteiger partial charge in [0.15, 0.2) is 0 Å². The second kappa shape index (κ2) is 5.91. The van der Waals surface area contributed by atoms with Crippen LogP contribution in [0.4, 0.5) is 0 Å². The molecular weight excluding hydrogens is 274 g/mol. The molecule has 4 nitrogen and oxygen atoms in total. The van der Waals surface area contributed by atoms with Gasteiger partial charge in [0.05, 0.1) is 17.5 Å². The third kappa shape index (κ3) is 2.75. The summed E-state index contributed by atoms with van der Waals surface area (Å²) in [5.41, 5.74) is 4.98. The quantitative estimate of drug-likeness (QED) is 0.804. The largest absolute Gasteiger partial charge is 0.389 e. The van der Waals surface area contributed by atoms with E-state index >= 15 is 0 Å². The first-order valence-electron chi connectivity index (χ1n) is 7.44. The Bertz CT molecular complexity index is 773. The second-order valence-electron chi connectivity index (χ2n) is 5.91. The summed E-state index contributed by atoms with van der Waals surface area (Å²) in [5.74, 6) is 0. The van der Waals surface area contributed by atoms with Crippen molar-refractivity contribution in [1.29, 1.82) is 0 Å². The van der Waals surface area contributed by atoms with E-state index in [4.69, 9.17) is 0 Å². The van der Waals surface area contributed by atoms with Gasteiger partial charge < -0.3 is 14.4 Å². The van der Waals surface area contributed by atoms with Gasteiger partial charge in [0.2, 0.25) is 0 Å². The smallest absolute Gasteiger partial charge is 0.0874 e. The molecule has 0 aromatic carbocycles. The summed E-state index contributed by atoms with van der Waals surface area (Å²) >= 11 is 0. The number of aromatic nitrogens is 2. The molecule has 114 valence electrons. The van der Waals surface area contributed by atoms with Crippen LogP contribution in [0.1, 0.15) is 24.2 Å². The third-order valence-corrected chi connectivity index (χ3v) is 3.73. The average molecular weight is 295 g/mol. The van der Waals surface area contributed by atoms with Crippen LogP contribution in [0.3, 0.4) is 0 Å². The van der Waals surface area contributed by atoms with E-state index in [9.17, 15) is 5.11 Å². The molecule has 3 aromatic rings. The molecule has 0 aliphatic rings. The summed E-state index contributed by atoms with van der Waals surface area (Å²) in [4.78, 5) is 6.72. The van der Waals surface area contributed by atoms with Crippen LogP contribution in [0.25, 0.3) is 16.9 Å². The summed E-state index contributed by atoms with van der Waals surface area (Å²) in [6.45, 7) is 2.66. The number of hydrogen-bond acceptors (Lipinski definition) is 3. The summed E-state index contributed by atoms with van der Waals surface area (Å²) in [7, 11) is 4.08. The second-order valence-corrected chi connectivity index (χ2v) is 5.91. The first-order chi connectivity index (χ1) is 10.6. The Labute approximate surface area is 130 Å². The molecule has 3 heterocycles. The Morgan fingerprint density at radius 2 is 2.05 bits per heavy atom. The van der Waals surface area contributed by atoms with Crippen LogP contribution in [-0.2, 0) is 6.54 Å². The van der Waals surface area contributed by atoms with Crippen LogP contribution in [0.2, 0.25) is 0 Å². The van der Waals surface area contributed by atoms with Crippen molar-refractivity contribution in [2.45, 2.75) is 19.6 Å². The number of aliphatic hydroxyl groups excluding tert-OH is 1. The molecule has 4 heteroatoms. The standard InChI is InChI=1S/C18H21N3O/c1-13(22)16-10-15-6-4-5-9-21(15)18(16)17-8-7-14(11-19-17)12-20(2)3/h4-11,13,22H,12H2,1-3H3. The first kappa shape index (κ1) is 14.8. The van der Waals surface area contributed by atoms with Crippen LogP contribution in [0.5, 0.6) is 0 Å². The third-order valence-electron chi connectivity index (χ3n) is 3.73. The Kier molecular flexibility index (Phi) is 3.96. The molecule has 3 rings (SSSR count). The van der Waals surface area contributed by atoms with Crippen molar-refractivity contribution in [1.82, 2.24) is 14.3 Å². The predicted octanol–water partition coefficient (Wildman–Crippen LogP) is 3.12. The van der Waals surface area contributed by atoms with Gasteiger partial charge >= 0.3 is 0 Å². The Balaban J connectivity index is 2.10. The molecule has 3 aromatic heterocycles. The molecule has 0 amide bonds. The van der Waals surface area contributed by atoms with Crippen molar-refractivity contribution in [3.8, 4) is 11.4 Å². The van der Waals surface area contributed by atoms with Gasteiger partial charge in [0.1, 0.15) is 0 Å². The fourth-order valence-electron chi connectivity index (χ4n) is 2.76. The summed E-state index contributed by atoms with van der Waals surface area (Å²) < 4.78 is 2.08. The van der Waals surface area contributed by atoms with Gasteiger partial charge in [-0.2, -0.15) is 0 Å². The number of aliphatic hydroxyl groups is 1. The molecule has 0 bridgehead atoms. The molecule has 0 saturated heterocycles. The van der Waals surface area contributed by atoms with Crippen molar-refractivity contribution < 1.29 is 5.11 Å². The fourth-order valence-corrected chi connectivity index (χ4v) is 2.76. The highest BCUT2D eigenvalue weighted by atomic mass is 16.3. The van der Waals surface area contributed by atoms with Gasteiger partial charge in [0, 0.05) is 30.0 Å². The lowest BCUT2D eigenvalue weighted by Crippen LogP contribution is -2.10. The summed E-state index contributed by atoms with van der Waals surface area (Å²) in [5, 5.41) is 10.1. The fraction of sp³-hybridized carbons (Fsp3) is 0.278. The molecule has 1 unspecified atom stereocenters. The molecule has 0 radical (unpaired) electrons. The van der Waals surface area contributed by atoms with Gasteiger partial charge in [0.25, 0.3) is 0 Å². The van der Waals surface area contributed by atoms with E-state index in [2.05, 4.69) is 20.4 Å². The SMILES string of the molecule is CC(O)c1cc2ccccn2c1-c1ccc(CN(C)C)cn1. The maximum Gasteiger partial charge on any atom is 0.0874 e. The van der Waals surface area contributed by atoms with Crippen molar-refractivity contribution in [2.24, 2.45) is 0 Å². The maximum absolute atomic E-state index is 10.1. The van der Waals surface area contributed by atoms with E-state index in [0.29, 0.717) is 0 Å².